The van der Waals surface area contributed by atoms with Crippen molar-refractivity contribution in [3.05, 3.63) is 0 Å². The number of nitrogens with zero attached hydrogens (tertiary/aromatic N) is 4. The monoisotopic (exact) mass is 994 g/mol. The average Bonchev–Trinajstić information content (AvgIpc) is 3.81. The van der Waals surface area contributed by atoms with Crippen LogP contribution in [-0.4, -0.2) is 181 Å². The summed E-state index contributed by atoms with van der Waals surface area (Å²) in [5, 5.41) is 29.2. The first kappa shape index (κ1) is 61.9. The Bertz CT molecular complexity index is 1830. The summed E-state index contributed by atoms with van der Waals surface area (Å²) in [7, 11) is 2.69. The Kier molecular flexibility index (Phi) is 27.6. The lowest BCUT2D eigenvalue weighted by Crippen LogP contribution is -2.62. The molecule has 0 aromatic heterocycles. The number of likely N-dealkylation sites (N-methyl/N-ethyl adjacent to an activating group) is 3. The second kappa shape index (κ2) is 31.2. The third-order valence-electron chi connectivity index (χ3n) is 12.5. The summed E-state index contributed by atoms with van der Waals surface area (Å²) in [5.74, 6) is -7.77. The highest BCUT2D eigenvalue weighted by molar-refractivity contribution is 5.98. The van der Waals surface area contributed by atoms with E-state index in [-0.39, 0.29) is 43.7 Å². The normalized spacial score (nSPS) is 16.6. The van der Waals surface area contributed by atoms with Crippen LogP contribution in [-0.2, 0) is 47.9 Å². The molecule has 0 aromatic rings. The molecule has 1 rings (SSSR count). The minimum Gasteiger partial charge on any atom is -0.394 e. The van der Waals surface area contributed by atoms with Gasteiger partial charge < -0.3 is 68.5 Å². The molecule has 12 N–H and O–H groups in total. The van der Waals surface area contributed by atoms with Crippen LogP contribution < -0.4 is 48.7 Å². The van der Waals surface area contributed by atoms with Gasteiger partial charge in [-0.15, -0.1) is 0 Å². The van der Waals surface area contributed by atoms with Crippen molar-refractivity contribution in [3.63, 3.8) is 0 Å². The maximum Gasteiger partial charge on any atom is 0.245 e. The molecule has 24 heteroatoms. The zero-order chi connectivity index (χ0) is 53.4. The molecule has 1 aliphatic rings. The highest BCUT2D eigenvalue weighted by atomic mass is 16.3. The van der Waals surface area contributed by atoms with Gasteiger partial charge in [-0.1, -0.05) is 67.7 Å². The van der Waals surface area contributed by atoms with E-state index in [1.165, 1.54) is 25.9 Å². The van der Waals surface area contributed by atoms with E-state index in [0.29, 0.717) is 51.6 Å². The van der Waals surface area contributed by atoms with Crippen LogP contribution in [0, 0.1) is 17.8 Å². The van der Waals surface area contributed by atoms with E-state index in [9.17, 15) is 53.1 Å². The molecule has 9 atom stereocenters. The van der Waals surface area contributed by atoms with Gasteiger partial charge in [0.1, 0.15) is 42.3 Å². The summed E-state index contributed by atoms with van der Waals surface area (Å²) in [6, 6.07) is -8.17. The molecular formula is C46H83N13O11. The lowest BCUT2D eigenvalue weighted by molar-refractivity contribution is -0.145. The van der Waals surface area contributed by atoms with Crippen molar-refractivity contribution in [2.24, 2.45) is 34.2 Å². The Morgan fingerprint density at radius 2 is 1.31 bits per heavy atom. The second-order valence-corrected chi connectivity index (χ2v) is 18.3. The summed E-state index contributed by atoms with van der Waals surface area (Å²) in [6.07, 6.45) is 2.76. The van der Waals surface area contributed by atoms with Crippen LogP contribution in [0.2, 0.25) is 0 Å². The molecule has 0 radical (unpaired) electrons. The van der Waals surface area contributed by atoms with Crippen molar-refractivity contribution in [1.82, 2.24) is 51.9 Å². The Morgan fingerprint density at radius 1 is 0.729 bits per heavy atom. The first-order chi connectivity index (χ1) is 32.9. The zero-order valence-corrected chi connectivity index (χ0v) is 43.1. The highest BCUT2D eigenvalue weighted by Gasteiger charge is 2.40. The van der Waals surface area contributed by atoms with Gasteiger partial charge in [-0.25, -0.2) is 0 Å². The molecule has 0 spiro atoms. The van der Waals surface area contributed by atoms with E-state index in [4.69, 9.17) is 11.5 Å². The van der Waals surface area contributed by atoms with Gasteiger partial charge in [0, 0.05) is 40.7 Å². The number of hydrogen-bond acceptors (Lipinski definition) is 12. The molecule has 1 aliphatic heterocycles. The number of guanidine groups is 1. The third kappa shape index (κ3) is 19.7. The van der Waals surface area contributed by atoms with Crippen molar-refractivity contribution in [1.29, 1.82) is 0 Å². The number of aliphatic imine (C=N–C) groups is 1. The van der Waals surface area contributed by atoms with Crippen molar-refractivity contribution in [2.45, 2.75) is 156 Å². The summed E-state index contributed by atoms with van der Waals surface area (Å²) in [4.78, 5) is 141. The van der Waals surface area contributed by atoms with E-state index in [1.807, 2.05) is 6.92 Å². The summed E-state index contributed by atoms with van der Waals surface area (Å²) >= 11 is 0. The molecule has 24 nitrogen and oxygen atoms in total. The molecule has 0 bridgehead atoms. The van der Waals surface area contributed by atoms with Gasteiger partial charge in [0.15, 0.2) is 5.96 Å². The number of hydrogen-bond donors (Lipinski definition) is 10. The Labute approximate surface area is 412 Å². The van der Waals surface area contributed by atoms with Crippen molar-refractivity contribution in [3.8, 4) is 0 Å². The molecule has 398 valence electrons. The number of aliphatic hydroxyl groups excluding tert-OH is 1. The number of likely N-dealkylation sites (tertiary alicyclic amines) is 1. The zero-order valence-electron chi connectivity index (χ0n) is 43.1. The van der Waals surface area contributed by atoms with Gasteiger partial charge in [-0.2, -0.15) is 0 Å². The van der Waals surface area contributed by atoms with Crippen LogP contribution in [0.15, 0.2) is 4.99 Å². The van der Waals surface area contributed by atoms with E-state index in [2.05, 4.69) is 42.2 Å². The number of carbonyl (C=O) groups excluding carboxylic acids is 10. The topological polar surface area (TPSA) is 349 Å². The lowest BCUT2D eigenvalue weighted by atomic mass is 9.95. The number of nitrogens with one attached hydrogen (secondary N) is 7. The molecular weight excluding hydrogens is 911 g/mol. The van der Waals surface area contributed by atoms with E-state index in [0.717, 1.165) is 9.80 Å². The van der Waals surface area contributed by atoms with Gasteiger partial charge >= 0.3 is 0 Å². The number of amides is 10. The van der Waals surface area contributed by atoms with Crippen LogP contribution in [0.25, 0.3) is 0 Å². The fraction of sp³-hybridized carbons (Fsp3) is 0.761. The Morgan fingerprint density at radius 3 is 1.86 bits per heavy atom. The standard InChI is InChI=1S/C46H83N13O11/c1-12-18-30(39(64)55-37(27(7)13-2)43(68)53-31(19-16-21-50-46(47)48)44(69)59-22-17-20-32(59)40(65)49-15-4)52-41(66)33(25-60)58(11)45(70)38(28(8)14-3)56-42(67)36(26(5)6)54-34(62)23-51-35(63)24-57(10)29(9)61/h26-28,30-33,36-38,60H,12-25H2,1-11H3,(H,49,65)(H,51,63)(H,52,66)(H,53,68)(H,54,62)(H,55,64)(H,56,67)(H4,47,48,50)/t27-,28?,30-,31-,32-,33-,36-,37-,38+/m0/s1. The summed E-state index contributed by atoms with van der Waals surface area (Å²) < 4.78 is 0. The van der Waals surface area contributed by atoms with Gasteiger partial charge in [0.05, 0.1) is 19.7 Å². The second-order valence-electron chi connectivity index (χ2n) is 18.3. The van der Waals surface area contributed by atoms with Gasteiger partial charge in [0.25, 0.3) is 0 Å². The Hall–Kier alpha value is -6.07. The summed E-state index contributed by atoms with van der Waals surface area (Å²) in [6.45, 7) is 14.4. The maximum atomic E-state index is 14.2. The van der Waals surface area contributed by atoms with E-state index >= 15 is 0 Å². The van der Waals surface area contributed by atoms with Crippen LogP contribution in [0.1, 0.15) is 114 Å². The maximum absolute atomic E-state index is 14.2. The minimum absolute atomic E-state index is 0.0946. The van der Waals surface area contributed by atoms with Gasteiger partial charge in [-0.05, 0) is 56.8 Å². The molecule has 0 aromatic carbocycles. The Balaban J connectivity index is 3.31. The number of rotatable bonds is 30. The van der Waals surface area contributed by atoms with Crippen molar-refractivity contribution < 1.29 is 53.1 Å². The first-order valence-electron chi connectivity index (χ1n) is 24.4. The molecule has 1 saturated heterocycles. The molecule has 0 saturated carbocycles. The van der Waals surface area contributed by atoms with Crippen LogP contribution in [0.3, 0.4) is 0 Å². The van der Waals surface area contributed by atoms with Gasteiger partial charge in [-0.3, -0.25) is 52.9 Å². The number of aliphatic hydroxyl groups is 1. The van der Waals surface area contributed by atoms with Crippen molar-refractivity contribution >= 4 is 65.0 Å². The third-order valence-corrected chi connectivity index (χ3v) is 12.5. The summed E-state index contributed by atoms with van der Waals surface area (Å²) in [5.41, 5.74) is 11.0. The fourth-order valence-corrected chi connectivity index (χ4v) is 7.60. The molecule has 1 fully saturated rings. The van der Waals surface area contributed by atoms with E-state index < -0.39 is 120 Å². The van der Waals surface area contributed by atoms with Crippen LogP contribution in [0.4, 0.5) is 0 Å². The van der Waals surface area contributed by atoms with Crippen LogP contribution >= 0.6 is 0 Å². The first-order valence-corrected chi connectivity index (χ1v) is 24.4. The molecule has 10 amide bonds. The minimum atomic E-state index is -1.54. The van der Waals surface area contributed by atoms with Gasteiger partial charge in [0.2, 0.25) is 59.1 Å². The molecule has 0 aliphatic carbocycles. The largest absolute Gasteiger partial charge is 0.394 e. The predicted molar refractivity (Wildman–Crippen MR) is 262 cm³/mol. The molecule has 1 heterocycles. The predicted octanol–water partition coefficient (Wildman–Crippen LogP) is -2.45. The van der Waals surface area contributed by atoms with Crippen LogP contribution in [0.5, 0.6) is 0 Å². The number of nitrogens with two attached hydrogens (primary N) is 2. The smallest absolute Gasteiger partial charge is 0.245 e. The molecule has 70 heavy (non-hydrogen) atoms. The van der Waals surface area contributed by atoms with E-state index in [1.54, 1.807) is 48.5 Å². The lowest BCUT2D eigenvalue weighted by Gasteiger charge is -2.34. The average molecular weight is 994 g/mol. The fourth-order valence-electron chi connectivity index (χ4n) is 7.60. The highest BCUT2D eigenvalue weighted by Crippen LogP contribution is 2.21. The SMILES string of the molecule is CCC[C@H](NC(=O)[C@H](CO)N(C)C(=O)[C@H](NC(=O)[C@@H](NC(=O)CNC(=O)CN(C)C(C)=O)C(C)C)C(C)CC)C(=O)N[C@H](C(=O)N[C@@H](CCCN=C(N)N)C(=O)N1CCC[C@H]1C(=O)NCC)[C@@H](C)CC. The molecule has 1 unspecified atom stereocenters. The number of carbonyl (C=O) groups is 10. The quantitative estimate of drug-likeness (QED) is 0.0203. The van der Waals surface area contributed by atoms with Crippen molar-refractivity contribution in [2.75, 3.05) is 53.4 Å².